The summed E-state index contributed by atoms with van der Waals surface area (Å²) < 4.78 is 5.96. The highest BCUT2D eigenvalue weighted by molar-refractivity contribution is 6.31. The number of nitrogens with one attached hydrogen (secondary N) is 1. The lowest BCUT2D eigenvalue weighted by atomic mass is 10.2. The summed E-state index contributed by atoms with van der Waals surface area (Å²) in [6, 6.07) is 15.6. The van der Waals surface area contributed by atoms with Gasteiger partial charge in [0.25, 0.3) is 0 Å². The molecule has 0 bridgehead atoms. The van der Waals surface area contributed by atoms with Crippen LogP contribution in [0.5, 0.6) is 11.5 Å². The van der Waals surface area contributed by atoms with Crippen molar-refractivity contribution in [1.29, 1.82) is 0 Å². The SMILES string of the molecule is CNCc1c(Cl)cccc1Oc1cnc2ccccc2c1. The van der Waals surface area contributed by atoms with E-state index in [1.165, 1.54) is 0 Å². The predicted octanol–water partition coefficient (Wildman–Crippen LogP) is 4.40. The van der Waals surface area contributed by atoms with Gasteiger partial charge >= 0.3 is 0 Å². The Balaban J connectivity index is 1.96. The Morgan fingerprint density at radius 2 is 2.00 bits per heavy atom. The minimum atomic E-state index is 0.649. The first-order chi connectivity index (χ1) is 10.3. The maximum absolute atomic E-state index is 6.23. The molecular weight excluding hydrogens is 284 g/mol. The first-order valence-corrected chi connectivity index (χ1v) is 7.10. The van der Waals surface area contributed by atoms with Gasteiger partial charge in [-0.1, -0.05) is 35.9 Å². The number of benzene rings is 2. The van der Waals surface area contributed by atoms with E-state index in [0.717, 1.165) is 22.2 Å². The van der Waals surface area contributed by atoms with Crippen molar-refractivity contribution in [3.05, 3.63) is 65.3 Å². The van der Waals surface area contributed by atoms with Gasteiger partial charge < -0.3 is 10.1 Å². The molecular formula is C17H15ClN2O. The normalized spacial score (nSPS) is 10.8. The summed E-state index contributed by atoms with van der Waals surface area (Å²) in [5, 5.41) is 4.84. The molecule has 3 nitrogen and oxygen atoms in total. The van der Waals surface area contributed by atoms with Crippen LogP contribution < -0.4 is 10.1 Å². The van der Waals surface area contributed by atoms with Gasteiger partial charge in [-0.25, -0.2) is 0 Å². The number of fused-ring (bicyclic) bond motifs is 1. The zero-order valence-electron chi connectivity index (χ0n) is 11.6. The number of para-hydroxylation sites is 1. The van der Waals surface area contributed by atoms with Crippen LogP contribution in [-0.4, -0.2) is 12.0 Å². The fourth-order valence-electron chi connectivity index (χ4n) is 2.22. The van der Waals surface area contributed by atoms with E-state index in [2.05, 4.69) is 10.3 Å². The largest absolute Gasteiger partial charge is 0.455 e. The lowest BCUT2D eigenvalue weighted by Crippen LogP contribution is -2.07. The molecule has 21 heavy (non-hydrogen) atoms. The summed E-state index contributed by atoms with van der Waals surface area (Å²) in [5.41, 5.74) is 1.89. The second kappa shape index (κ2) is 6.12. The topological polar surface area (TPSA) is 34.1 Å². The van der Waals surface area contributed by atoms with Crippen molar-refractivity contribution >= 4 is 22.5 Å². The van der Waals surface area contributed by atoms with Crippen molar-refractivity contribution in [3.8, 4) is 11.5 Å². The van der Waals surface area contributed by atoms with E-state index < -0.39 is 0 Å². The summed E-state index contributed by atoms with van der Waals surface area (Å²) in [7, 11) is 1.88. The number of halogens is 1. The zero-order chi connectivity index (χ0) is 14.7. The van der Waals surface area contributed by atoms with E-state index in [-0.39, 0.29) is 0 Å². The van der Waals surface area contributed by atoms with E-state index in [4.69, 9.17) is 16.3 Å². The maximum Gasteiger partial charge on any atom is 0.146 e. The van der Waals surface area contributed by atoms with Gasteiger partial charge in [-0.2, -0.15) is 0 Å². The van der Waals surface area contributed by atoms with Crippen molar-refractivity contribution in [3.63, 3.8) is 0 Å². The maximum atomic E-state index is 6.23. The lowest BCUT2D eigenvalue weighted by Gasteiger charge is -2.12. The van der Waals surface area contributed by atoms with Gasteiger partial charge in [0.05, 0.1) is 11.7 Å². The number of aromatic nitrogens is 1. The first-order valence-electron chi connectivity index (χ1n) is 6.72. The monoisotopic (exact) mass is 298 g/mol. The summed E-state index contributed by atoms with van der Waals surface area (Å²) in [6.07, 6.45) is 1.73. The smallest absolute Gasteiger partial charge is 0.146 e. The molecule has 2 aromatic carbocycles. The van der Waals surface area contributed by atoms with E-state index in [1.54, 1.807) is 6.20 Å². The molecule has 0 unspecified atom stereocenters. The molecule has 3 aromatic rings. The molecule has 106 valence electrons. The van der Waals surface area contributed by atoms with Gasteiger partial charge in [-0.05, 0) is 31.3 Å². The van der Waals surface area contributed by atoms with Crippen LogP contribution in [0.3, 0.4) is 0 Å². The minimum absolute atomic E-state index is 0.649. The molecule has 1 aromatic heterocycles. The predicted molar refractivity (Wildman–Crippen MR) is 86.0 cm³/mol. The average Bonchev–Trinajstić information content (AvgIpc) is 2.51. The van der Waals surface area contributed by atoms with Gasteiger partial charge in [0.1, 0.15) is 11.5 Å². The third-order valence-electron chi connectivity index (χ3n) is 3.22. The summed E-state index contributed by atoms with van der Waals surface area (Å²) in [6.45, 7) is 0.649. The molecule has 0 radical (unpaired) electrons. The highest BCUT2D eigenvalue weighted by atomic mass is 35.5. The van der Waals surface area contributed by atoms with Gasteiger partial charge in [-0.3, -0.25) is 4.98 Å². The Hall–Kier alpha value is -2.10. The molecule has 1 N–H and O–H groups in total. The highest BCUT2D eigenvalue weighted by Crippen LogP contribution is 2.31. The van der Waals surface area contributed by atoms with Crippen LogP contribution in [-0.2, 0) is 6.54 Å². The Morgan fingerprint density at radius 1 is 1.14 bits per heavy atom. The van der Waals surface area contributed by atoms with E-state index in [0.29, 0.717) is 17.3 Å². The van der Waals surface area contributed by atoms with Gasteiger partial charge in [0.2, 0.25) is 0 Å². The number of hydrogen-bond donors (Lipinski definition) is 1. The summed E-state index contributed by atoms with van der Waals surface area (Å²) in [5.74, 6) is 1.45. The minimum Gasteiger partial charge on any atom is -0.455 e. The quantitative estimate of drug-likeness (QED) is 0.775. The molecule has 0 saturated heterocycles. The molecule has 0 fully saturated rings. The number of hydrogen-bond acceptors (Lipinski definition) is 3. The molecule has 0 aliphatic rings. The fourth-order valence-corrected chi connectivity index (χ4v) is 2.45. The van der Waals surface area contributed by atoms with Crippen LogP contribution >= 0.6 is 11.6 Å². The third-order valence-corrected chi connectivity index (χ3v) is 3.58. The fraction of sp³-hybridized carbons (Fsp3) is 0.118. The Labute approximate surface area is 128 Å². The van der Waals surface area contributed by atoms with E-state index in [9.17, 15) is 0 Å². The second-order valence-corrected chi connectivity index (χ2v) is 5.12. The van der Waals surface area contributed by atoms with Crippen molar-refractivity contribution in [1.82, 2.24) is 10.3 Å². The van der Waals surface area contributed by atoms with Crippen LogP contribution in [0.1, 0.15) is 5.56 Å². The van der Waals surface area contributed by atoms with Gasteiger partial charge in [-0.15, -0.1) is 0 Å². The Kier molecular flexibility index (Phi) is 4.04. The van der Waals surface area contributed by atoms with Crippen molar-refractivity contribution in [2.24, 2.45) is 0 Å². The molecule has 0 spiro atoms. The number of rotatable bonds is 4. The average molecular weight is 299 g/mol. The van der Waals surface area contributed by atoms with Gasteiger partial charge in [0, 0.05) is 22.5 Å². The van der Waals surface area contributed by atoms with Crippen LogP contribution in [0.25, 0.3) is 10.9 Å². The van der Waals surface area contributed by atoms with Crippen molar-refractivity contribution < 1.29 is 4.74 Å². The molecule has 4 heteroatoms. The lowest BCUT2D eigenvalue weighted by molar-refractivity contribution is 0.473. The summed E-state index contributed by atoms with van der Waals surface area (Å²) in [4.78, 5) is 4.40. The molecule has 3 rings (SSSR count). The highest BCUT2D eigenvalue weighted by Gasteiger charge is 2.09. The second-order valence-electron chi connectivity index (χ2n) is 4.71. The van der Waals surface area contributed by atoms with Crippen LogP contribution in [0.4, 0.5) is 0 Å². The Morgan fingerprint density at radius 3 is 2.86 bits per heavy atom. The molecule has 0 amide bonds. The summed E-state index contributed by atoms with van der Waals surface area (Å²) >= 11 is 6.23. The molecule has 1 heterocycles. The van der Waals surface area contributed by atoms with Crippen molar-refractivity contribution in [2.45, 2.75) is 6.54 Å². The van der Waals surface area contributed by atoms with E-state index >= 15 is 0 Å². The Bertz CT molecular complexity index is 774. The molecule has 0 saturated carbocycles. The van der Waals surface area contributed by atoms with Crippen LogP contribution in [0, 0.1) is 0 Å². The first kappa shape index (κ1) is 13.9. The molecule has 0 aliphatic carbocycles. The standard InChI is InChI=1S/C17H15ClN2O/c1-19-11-14-15(18)6-4-8-17(14)21-13-9-12-5-2-3-7-16(12)20-10-13/h2-10,19H,11H2,1H3. The van der Waals surface area contributed by atoms with Crippen LogP contribution in [0.2, 0.25) is 5.02 Å². The van der Waals surface area contributed by atoms with Crippen molar-refractivity contribution in [2.75, 3.05) is 7.05 Å². The van der Waals surface area contributed by atoms with Gasteiger partial charge in [0.15, 0.2) is 0 Å². The molecule has 0 aliphatic heterocycles. The number of nitrogens with zero attached hydrogens (tertiary/aromatic N) is 1. The van der Waals surface area contributed by atoms with E-state index in [1.807, 2.05) is 55.6 Å². The molecule has 0 atom stereocenters. The number of ether oxygens (including phenoxy) is 1. The zero-order valence-corrected chi connectivity index (χ0v) is 12.4. The third kappa shape index (κ3) is 2.99. The van der Waals surface area contributed by atoms with Crippen LogP contribution in [0.15, 0.2) is 54.7 Å². The number of pyridine rings is 1.